The highest BCUT2D eigenvalue weighted by atomic mass is 35.5. The molecule has 0 unspecified atom stereocenters. The molecule has 0 saturated carbocycles. The van der Waals surface area contributed by atoms with Gasteiger partial charge in [-0.05, 0) is 54.8 Å². The van der Waals surface area contributed by atoms with E-state index in [1.807, 2.05) is 19.2 Å². The number of halogens is 1. The van der Waals surface area contributed by atoms with E-state index in [0.717, 1.165) is 51.2 Å². The average Bonchev–Trinajstić information content (AvgIpc) is 3.44. The number of hydrogen-bond donors (Lipinski definition) is 2. The number of benzene rings is 2. The van der Waals surface area contributed by atoms with Crippen LogP contribution in [0.4, 0.5) is 0 Å². The van der Waals surface area contributed by atoms with Gasteiger partial charge in [0.25, 0.3) is 0 Å². The lowest BCUT2D eigenvalue weighted by atomic mass is 10.0. The van der Waals surface area contributed by atoms with E-state index >= 15 is 0 Å². The molecule has 158 valence electrons. The minimum Gasteiger partial charge on any atom is -0.337 e. The molecule has 0 saturated heterocycles. The third-order valence-electron chi connectivity index (χ3n) is 5.35. The summed E-state index contributed by atoms with van der Waals surface area (Å²) >= 11 is 7.94. The Kier molecular flexibility index (Phi) is 5.30. The molecule has 2 aromatic carbocycles. The maximum absolute atomic E-state index is 6.32. The molecule has 0 aliphatic carbocycles. The molecule has 2 N–H and O–H groups in total. The number of nitrogens with zero attached hydrogens (tertiary/aromatic N) is 3. The van der Waals surface area contributed by atoms with Crippen LogP contribution in [0.3, 0.4) is 0 Å². The van der Waals surface area contributed by atoms with Crippen molar-refractivity contribution in [2.75, 3.05) is 7.05 Å². The molecule has 3 aromatic heterocycles. The average molecular weight is 450 g/mol. The van der Waals surface area contributed by atoms with Gasteiger partial charge in [0.05, 0.1) is 16.6 Å². The molecule has 7 heteroatoms. The van der Waals surface area contributed by atoms with Crippen LogP contribution in [0.15, 0.2) is 48.0 Å². The number of H-pyrrole nitrogens is 1. The Bertz CT molecular complexity index is 1380. The first-order chi connectivity index (χ1) is 15.0. The lowest BCUT2D eigenvalue weighted by molar-refractivity contribution is 0.649. The van der Waals surface area contributed by atoms with Crippen molar-refractivity contribution < 1.29 is 0 Å². The molecular weight excluding hydrogens is 426 g/mol. The predicted octanol–water partition coefficient (Wildman–Crippen LogP) is 6.20. The molecule has 5 aromatic rings. The molecule has 0 fully saturated rings. The zero-order valence-electron chi connectivity index (χ0n) is 17.7. The summed E-state index contributed by atoms with van der Waals surface area (Å²) in [5.41, 5.74) is 6.44. The van der Waals surface area contributed by atoms with E-state index in [9.17, 15) is 0 Å². The van der Waals surface area contributed by atoms with Gasteiger partial charge in [-0.2, -0.15) is 0 Å². The van der Waals surface area contributed by atoms with E-state index < -0.39 is 0 Å². The first-order valence-electron chi connectivity index (χ1n) is 10.4. The number of fused-ring (bicyclic) bond motifs is 2. The maximum atomic E-state index is 6.32. The molecule has 0 aliphatic rings. The van der Waals surface area contributed by atoms with Gasteiger partial charge in [0, 0.05) is 28.5 Å². The van der Waals surface area contributed by atoms with Crippen molar-refractivity contribution in [3.05, 3.63) is 64.1 Å². The molecular formula is C24H24ClN5S. The molecule has 0 bridgehead atoms. The second-order valence-corrected chi connectivity index (χ2v) is 9.54. The van der Waals surface area contributed by atoms with Crippen molar-refractivity contribution in [3.63, 3.8) is 0 Å². The van der Waals surface area contributed by atoms with Crippen LogP contribution in [0.1, 0.15) is 25.0 Å². The van der Waals surface area contributed by atoms with E-state index in [1.165, 1.54) is 16.5 Å². The topological polar surface area (TPSA) is 58.5 Å². The van der Waals surface area contributed by atoms with Crippen LogP contribution in [0.5, 0.6) is 0 Å². The van der Waals surface area contributed by atoms with Crippen molar-refractivity contribution in [2.24, 2.45) is 5.92 Å². The van der Waals surface area contributed by atoms with E-state index in [4.69, 9.17) is 21.6 Å². The minimum absolute atomic E-state index is 0.574. The van der Waals surface area contributed by atoms with Crippen molar-refractivity contribution >= 4 is 44.9 Å². The van der Waals surface area contributed by atoms with Gasteiger partial charge < -0.3 is 10.3 Å². The Morgan fingerprint density at radius 1 is 1.16 bits per heavy atom. The molecule has 0 aliphatic heterocycles. The third kappa shape index (κ3) is 3.87. The van der Waals surface area contributed by atoms with Crippen LogP contribution in [0.2, 0.25) is 5.02 Å². The smallest absolute Gasteiger partial charge is 0.194 e. The standard InChI is InChI=1S/C24H24ClN5S/c1-14(2)8-16-12-30(22-10-17(25)5-6-18(16)22)24-29-21(13-31-24)23-27-19-7-4-15(11-26-3)9-20(19)28-23/h4-7,9-10,12-14,26H,8,11H2,1-3H3,(H,27,28). The Balaban J connectivity index is 1.56. The molecule has 31 heavy (non-hydrogen) atoms. The van der Waals surface area contributed by atoms with Gasteiger partial charge >= 0.3 is 0 Å². The summed E-state index contributed by atoms with van der Waals surface area (Å²) in [4.78, 5) is 13.1. The van der Waals surface area contributed by atoms with Gasteiger partial charge in [0.15, 0.2) is 11.0 Å². The highest BCUT2D eigenvalue weighted by Crippen LogP contribution is 2.32. The minimum atomic E-state index is 0.574. The van der Waals surface area contributed by atoms with E-state index in [0.29, 0.717) is 5.92 Å². The molecule has 0 radical (unpaired) electrons. The number of aromatic amines is 1. The van der Waals surface area contributed by atoms with Gasteiger partial charge in [-0.25, -0.2) is 9.97 Å². The lowest BCUT2D eigenvalue weighted by Crippen LogP contribution is -2.04. The summed E-state index contributed by atoms with van der Waals surface area (Å²) in [5, 5.41) is 8.11. The number of nitrogens with one attached hydrogen (secondary N) is 2. The number of rotatable bonds is 6. The highest BCUT2D eigenvalue weighted by molar-refractivity contribution is 7.12. The van der Waals surface area contributed by atoms with Gasteiger partial charge in [0.2, 0.25) is 0 Å². The Labute approximate surface area is 190 Å². The molecule has 0 spiro atoms. The van der Waals surface area contributed by atoms with Gasteiger partial charge in [-0.3, -0.25) is 4.57 Å². The van der Waals surface area contributed by atoms with E-state index in [1.54, 1.807) is 11.3 Å². The van der Waals surface area contributed by atoms with Crippen molar-refractivity contribution in [1.29, 1.82) is 0 Å². The second-order valence-electron chi connectivity index (χ2n) is 8.27. The van der Waals surface area contributed by atoms with Crippen LogP contribution in [0.25, 0.3) is 38.6 Å². The first-order valence-corrected chi connectivity index (χ1v) is 11.7. The summed E-state index contributed by atoms with van der Waals surface area (Å²) in [6.45, 7) is 5.31. The fourth-order valence-electron chi connectivity index (χ4n) is 4.01. The van der Waals surface area contributed by atoms with Crippen LogP contribution < -0.4 is 5.32 Å². The quantitative estimate of drug-likeness (QED) is 0.324. The zero-order valence-corrected chi connectivity index (χ0v) is 19.3. The molecule has 0 atom stereocenters. The normalized spacial score (nSPS) is 11.9. The fourth-order valence-corrected chi connectivity index (χ4v) is 4.97. The first kappa shape index (κ1) is 20.2. The lowest BCUT2D eigenvalue weighted by Gasteiger charge is -2.02. The largest absolute Gasteiger partial charge is 0.337 e. The Morgan fingerprint density at radius 3 is 2.84 bits per heavy atom. The van der Waals surface area contributed by atoms with Crippen molar-refractivity contribution in [3.8, 4) is 16.6 Å². The van der Waals surface area contributed by atoms with Crippen LogP contribution >= 0.6 is 22.9 Å². The number of hydrogen-bond acceptors (Lipinski definition) is 4. The molecule has 5 rings (SSSR count). The summed E-state index contributed by atoms with van der Waals surface area (Å²) in [6, 6.07) is 12.4. The monoisotopic (exact) mass is 449 g/mol. The summed E-state index contributed by atoms with van der Waals surface area (Å²) < 4.78 is 2.15. The third-order valence-corrected chi connectivity index (χ3v) is 6.42. The fraction of sp³-hybridized carbons (Fsp3) is 0.250. The van der Waals surface area contributed by atoms with Crippen LogP contribution in [0, 0.1) is 5.92 Å². The van der Waals surface area contributed by atoms with Gasteiger partial charge in [-0.15, -0.1) is 11.3 Å². The van der Waals surface area contributed by atoms with Crippen molar-refractivity contribution in [1.82, 2.24) is 24.8 Å². The number of aromatic nitrogens is 4. The molecule has 5 nitrogen and oxygen atoms in total. The zero-order chi connectivity index (χ0) is 21.5. The van der Waals surface area contributed by atoms with Gasteiger partial charge in [0.1, 0.15) is 5.69 Å². The van der Waals surface area contributed by atoms with Crippen molar-refractivity contribution in [2.45, 2.75) is 26.8 Å². The summed E-state index contributed by atoms with van der Waals surface area (Å²) in [6.07, 6.45) is 3.22. The maximum Gasteiger partial charge on any atom is 0.194 e. The predicted molar refractivity (Wildman–Crippen MR) is 130 cm³/mol. The Morgan fingerprint density at radius 2 is 2.03 bits per heavy atom. The van der Waals surface area contributed by atoms with Crippen LogP contribution in [-0.2, 0) is 13.0 Å². The summed E-state index contributed by atoms with van der Waals surface area (Å²) in [7, 11) is 1.95. The molecule has 3 heterocycles. The molecule has 0 amide bonds. The SMILES string of the molecule is CNCc1ccc2nc(-c3csc(-n4cc(CC(C)C)c5ccc(Cl)cc54)n3)[nH]c2c1. The van der Waals surface area contributed by atoms with Gasteiger partial charge in [-0.1, -0.05) is 37.6 Å². The number of thiazole rings is 1. The van der Waals surface area contributed by atoms with E-state index in [-0.39, 0.29) is 0 Å². The summed E-state index contributed by atoms with van der Waals surface area (Å²) in [5.74, 6) is 1.36. The second kappa shape index (κ2) is 8.11. The highest BCUT2D eigenvalue weighted by Gasteiger charge is 2.16. The van der Waals surface area contributed by atoms with E-state index in [2.05, 4.69) is 64.6 Å². The Hall–Kier alpha value is -2.67. The number of imidazole rings is 1. The van der Waals surface area contributed by atoms with Crippen LogP contribution in [-0.4, -0.2) is 26.6 Å².